The van der Waals surface area contributed by atoms with Crippen molar-refractivity contribution >= 4 is 46.9 Å². The van der Waals surface area contributed by atoms with E-state index in [0.717, 1.165) is 11.1 Å². The number of carbonyl (C=O) groups is 1. The van der Waals surface area contributed by atoms with Crippen LogP contribution in [0.2, 0.25) is 10.0 Å². The first-order valence-corrected chi connectivity index (χ1v) is 11.4. The number of esters is 1. The fourth-order valence-corrected chi connectivity index (χ4v) is 4.62. The SMILES string of the molecule is CCOC(=O)C1=C(C)Nc2nc(SCc3ccccc3Cl)nn2C1c1ccc(Cl)cc1. The number of nitrogens with zero attached hydrogens (tertiary/aromatic N) is 3. The normalized spacial score (nSPS) is 15.4. The first kappa shape index (κ1) is 21.7. The Labute approximate surface area is 194 Å². The van der Waals surface area contributed by atoms with Gasteiger partial charge in [0.1, 0.15) is 6.04 Å². The zero-order chi connectivity index (χ0) is 22.0. The van der Waals surface area contributed by atoms with Crippen molar-refractivity contribution in [2.24, 2.45) is 0 Å². The van der Waals surface area contributed by atoms with Crippen LogP contribution in [0.15, 0.2) is 65.0 Å². The lowest BCUT2D eigenvalue weighted by atomic mass is 9.96. The molecule has 0 aliphatic carbocycles. The molecule has 1 unspecified atom stereocenters. The number of hydrogen-bond donors (Lipinski definition) is 1. The fraction of sp³-hybridized carbons (Fsp3) is 0.227. The summed E-state index contributed by atoms with van der Waals surface area (Å²) in [5, 5.41) is 9.79. The van der Waals surface area contributed by atoms with E-state index < -0.39 is 6.04 Å². The van der Waals surface area contributed by atoms with E-state index in [4.69, 9.17) is 33.0 Å². The summed E-state index contributed by atoms with van der Waals surface area (Å²) in [5.74, 6) is 0.803. The van der Waals surface area contributed by atoms with E-state index in [-0.39, 0.29) is 12.6 Å². The summed E-state index contributed by atoms with van der Waals surface area (Å²) >= 11 is 13.8. The van der Waals surface area contributed by atoms with Crippen LogP contribution < -0.4 is 5.32 Å². The van der Waals surface area contributed by atoms with E-state index >= 15 is 0 Å². The minimum absolute atomic E-state index is 0.284. The number of halogens is 2. The van der Waals surface area contributed by atoms with Crippen molar-refractivity contribution in [2.45, 2.75) is 30.8 Å². The molecule has 0 saturated carbocycles. The maximum absolute atomic E-state index is 12.8. The molecule has 4 rings (SSSR count). The molecule has 9 heteroatoms. The van der Waals surface area contributed by atoms with Gasteiger partial charge in [-0.05, 0) is 43.2 Å². The second-order valence-corrected chi connectivity index (χ2v) is 8.67. The summed E-state index contributed by atoms with van der Waals surface area (Å²) in [7, 11) is 0. The number of thioether (sulfide) groups is 1. The Morgan fingerprint density at radius 3 is 2.65 bits per heavy atom. The Balaban J connectivity index is 1.70. The van der Waals surface area contributed by atoms with Gasteiger partial charge in [0.15, 0.2) is 0 Å². The van der Waals surface area contributed by atoms with Gasteiger partial charge in [-0.3, -0.25) is 0 Å². The van der Waals surface area contributed by atoms with Crippen LogP contribution in [0.4, 0.5) is 5.95 Å². The van der Waals surface area contributed by atoms with Crippen LogP contribution in [0, 0.1) is 0 Å². The van der Waals surface area contributed by atoms with Gasteiger partial charge in [-0.15, -0.1) is 5.10 Å². The molecule has 0 amide bonds. The Kier molecular flexibility index (Phi) is 6.55. The molecule has 0 spiro atoms. The highest BCUT2D eigenvalue weighted by Gasteiger charge is 2.35. The van der Waals surface area contributed by atoms with Crippen LogP contribution in [0.25, 0.3) is 0 Å². The average molecular weight is 475 g/mol. The Morgan fingerprint density at radius 1 is 1.19 bits per heavy atom. The third-order valence-corrected chi connectivity index (χ3v) is 6.34. The average Bonchev–Trinajstić information content (AvgIpc) is 3.15. The number of nitrogens with one attached hydrogen (secondary N) is 1. The number of fused-ring (bicyclic) bond motifs is 1. The molecule has 6 nitrogen and oxygen atoms in total. The highest BCUT2D eigenvalue weighted by molar-refractivity contribution is 7.98. The quantitative estimate of drug-likeness (QED) is 0.363. The summed E-state index contributed by atoms with van der Waals surface area (Å²) in [6.07, 6.45) is 0. The number of anilines is 1. The molecule has 1 aliphatic rings. The van der Waals surface area contributed by atoms with E-state index in [9.17, 15) is 4.79 Å². The second kappa shape index (κ2) is 9.34. The predicted molar refractivity (Wildman–Crippen MR) is 124 cm³/mol. The number of rotatable bonds is 6. The minimum Gasteiger partial charge on any atom is -0.463 e. The van der Waals surface area contributed by atoms with Gasteiger partial charge in [-0.2, -0.15) is 4.98 Å². The Morgan fingerprint density at radius 2 is 1.94 bits per heavy atom. The highest BCUT2D eigenvalue weighted by atomic mass is 35.5. The van der Waals surface area contributed by atoms with Crippen LogP contribution in [-0.2, 0) is 15.3 Å². The lowest BCUT2D eigenvalue weighted by Crippen LogP contribution is -2.29. The topological polar surface area (TPSA) is 69.0 Å². The van der Waals surface area contributed by atoms with Crippen LogP contribution in [0.1, 0.15) is 31.0 Å². The molecule has 0 radical (unpaired) electrons. The first-order valence-electron chi connectivity index (χ1n) is 9.71. The summed E-state index contributed by atoms with van der Waals surface area (Å²) < 4.78 is 7.04. The van der Waals surface area contributed by atoms with Crippen LogP contribution in [0.5, 0.6) is 0 Å². The molecule has 0 saturated heterocycles. The van der Waals surface area contributed by atoms with E-state index in [0.29, 0.717) is 38.2 Å². The molecule has 1 aliphatic heterocycles. The van der Waals surface area contributed by atoms with Crippen molar-refractivity contribution in [3.63, 3.8) is 0 Å². The lowest BCUT2D eigenvalue weighted by molar-refractivity contribution is -0.139. The monoisotopic (exact) mass is 474 g/mol. The molecule has 160 valence electrons. The van der Waals surface area contributed by atoms with E-state index in [2.05, 4.69) is 10.3 Å². The van der Waals surface area contributed by atoms with Crippen molar-refractivity contribution in [2.75, 3.05) is 11.9 Å². The summed E-state index contributed by atoms with van der Waals surface area (Å²) in [6.45, 7) is 3.90. The Bertz CT molecular complexity index is 1140. The van der Waals surface area contributed by atoms with Crippen molar-refractivity contribution in [1.82, 2.24) is 14.8 Å². The van der Waals surface area contributed by atoms with E-state index in [1.165, 1.54) is 11.8 Å². The van der Waals surface area contributed by atoms with Gasteiger partial charge in [0.05, 0.1) is 12.2 Å². The number of carbonyl (C=O) groups excluding carboxylic acids is 1. The van der Waals surface area contributed by atoms with E-state index in [1.54, 1.807) is 23.7 Å². The third kappa shape index (κ3) is 4.59. The van der Waals surface area contributed by atoms with Crippen molar-refractivity contribution in [3.8, 4) is 0 Å². The molecular formula is C22H20Cl2N4O2S. The van der Waals surface area contributed by atoms with Crippen molar-refractivity contribution < 1.29 is 9.53 Å². The number of ether oxygens (including phenoxy) is 1. The predicted octanol–water partition coefficient (Wildman–Crippen LogP) is 5.73. The molecule has 0 fully saturated rings. The molecule has 2 aromatic carbocycles. The number of hydrogen-bond acceptors (Lipinski definition) is 6. The minimum atomic E-state index is -0.477. The van der Waals surface area contributed by atoms with Gasteiger partial charge in [-0.25, -0.2) is 9.48 Å². The lowest BCUT2D eigenvalue weighted by Gasteiger charge is -2.28. The maximum atomic E-state index is 12.8. The fourth-order valence-electron chi connectivity index (χ4n) is 3.38. The smallest absolute Gasteiger partial charge is 0.338 e. The van der Waals surface area contributed by atoms with Gasteiger partial charge in [0.25, 0.3) is 0 Å². The largest absolute Gasteiger partial charge is 0.463 e. The van der Waals surface area contributed by atoms with Gasteiger partial charge < -0.3 is 10.1 Å². The van der Waals surface area contributed by atoms with Crippen molar-refractivity contribution in [1.29, 1.82) is 0 Å². The van der Waals surface area contributed by atoms with E-state index in [1.807, 2.05) is 43.3 Å². The first-order chi connectivity index (χ1) is 15.0. The van der Waals surface area contributed by atoms with Crippen LogP contribution >= 0.6 is 35.0 Å². The summed E-state index contributed by atoms with van der Waals surface area (Å²) in [6, 6.07) is 14.6. The molecular weight excluding hydrogens is 455 g/mol. The molecule has 1 atom stereocenters. The molecule has 0 bridgehead atoms. The van der Waals surface area contributed by atoms with Gasteiger partial charge in [-0.1, -0.05) is 65.3 Å². The molecule has 3 aromatic rings. The number of benzene rings is 2. The highest BCUT2D eigenvalue weighted by Crippen LogP contribution is 2.37. The van der Waals surface area contributed by atoms with Gasteiger partial charge in [0, 0.05) is 21.5 Å². The van der Waals surface area contributed by atoms with Crippen LogP contribution in [0.3, 0.4) is 0 Å². The standard InChI is InChI=1S/C22H20Cl2N4O2S/c1-3-30-20(29)18-13(2)25-21-26-22(31-12-15-6-4-5-7-17(15)24)27-28(21)19(18)14-8-10-16(23)11-9-14/h4-11,19H,3,12H2,1-2H3,(H,25,26,27). The second-order valence-electron chi connectivity index (χ2n) is 6.88. The van der Waals surface area contributed by atoms with Crippen LogP contribution in [-0.4, -0.2) is 27.3 Å². The molecule has 31 heavy (non-hydrogen) atoms. The van der Waals surface area contributed by atoms with Gasteiger partial charge >= 0.3 is 5.97 Å². The zero-order valence-electron chi connectivity index (χ0n) is 16.9. The molecule has 1 aromatic heterocycles. The Hall–Kier alpha value is -2.48. The summed E-state index contributed by atoms with van der Waals surface area (Å²) in [4.78, 5) is 17.4. The number of aromatic nitrogens is 3. The zero-order valence-corrected chi connectivity index (χ0v) is 19.3. The maximum Gasteiger partial charge on any atom is 0.338 e. The number of allylic oxidation sites excluding steroid dienone is 1. The van der Waals surface area contributed by atoms with Crippen molar-refractivity contribution in [3.05, 3.63) is 81.0 Å². The molecule has 2 heterocycles. The summed E-state index contributed by atoms with van der Waals surface area (Å²) in [5.41, 5.74) is 3.04. The molecule has 1 N–H and O–H groups in total. The third-order valence-electron chi connectivity index (χ3n) is 4.83. The van der Waals surface area contributed by atoms with Gasteiger partial charge in [0.2, 0.25) is 11.1 Å².